The molecule has 1 heterocycles. The number of allylic oxidation sites excluding steroid dienone is 2. The van der Waals surface area contributed by atoms with Gasteiger partial charge in [-0.05, 0) is 62.4 Å². The molecule has 0 bridgehead atoms. The Kier molecular flexibility index (Phi) is 6.70. The number of fused-ring (bicyclic) bond motifs is 1. The van der Waals surface area contributed by atoms with Crippen molar-refractivity contribution in [2.75, 3.05) is 13.7 Å². The number of hydrogen-bond donors (Lipinski definition) is 3. The van der Waals surface area contributed by atoms with E-state index in [9.17, 15) is 24.9 Å². The van der Waals surface area contributed by atoms with Gasteiger partial charge in [-0.15, -0.1) is 0 Å². The number of phenolic OH excluding ortho intramolecular Hbond substituents is 1. The highest BCUT2D eigenvalue weighted by Gasteiger charge is 2.53. The van der Waals surface area contributed by atoms with Crippen molar-refractivity contribution in [1.82, 2.24) is 4.90 Å². The average molecular weight is 434 g/mol. The zero-order valence-corrected chi connectivity index (χ0v) is 18.2. The molecule has 162 valence electrons. The Balaban J connectivity index is 1.75. The maximum Gasteiger partial charge on any atom is 0.233 e. The second kappa shape index (κ2) is 8.92. The van der Waals surface area contributed by atoms with Crippen LogP contribution in [0.3, 0.4) is 0 Å². The number of carbonyl (C=O) groups is 2. The summed E-state index contributed by atoms with van der Waals surface area (Å²) >= 11 is 6.15. The lowest BCUT2D eigenvalue weighted by atomic mass is 9.68. The van der Waals surface area contributed by atoms with Gasteiger partial charge >= 0.3 is 0 Å². The molecule has 1 aromatic rings. The van der Waals surface area contributed by atoms with Gasteiger partial charge in [0.15, 0.2) is 0 Å². The highest BCUT2D eigenvalue weighted by atomic mass is 35.5. The minimum absolute atomic E-state index is 0.101. The van der Waals surface area contributed by atoms with E-state index in [1.807, 2.05) is 19.9 Å². The summed E-state index contributed by atoms with van der Waals surface area (Å²) in [5.41, 5.74) is 3.35. The Morgan fingerprint density at radius 2 is 2.03 bits per heavy atom. The first-order chi connectivity index (χ1) is 14.1. The Labute approximate surface area is 181 Å². The third-order valence-electron chi connectivity index (χ3n) is 6.30. The Morgan fingerprint density at radius 3 is 2.67 bits per heavy atom. The highest BCUT2D eigenvalue weighted by molar-refractivity contribution is 6.32. The number of halogens is 1. The molecule has 30 heavy (non-hydrogen) atoms. The second-order valence-electron chi connectivity index (χ2n) is 8.35. The van der Waals surface area contributed by atoms with Crippen LogP contribution in [0.5, 0.6) is 5.75 Å². The van der Waals surface area contributed by atoms with Gasteiger partial charge in [0.25, 0.3) is 0 Å². The van der Waals surface area contributed by atoms with Gasteiger partial charge in [-0.3, -0.25) is 14.5 Å². The molecule has 1 aliphatic heterocycles. The highest BCUT2D eigenvalue weighted by Crippen LogP contribution is 2.45. The van der Waals surface area contributed by atoms with Crippen molar-refractivity contribution < 1.29 is 24.9 Å². The molecule has 0 radical (unpaired) electrons. The normalized spacial score (nSPS) is 25.7. The molecule has 1 aliphatic carbocycles. The van der Waals surface area contributed by atoms with Crippen LogP contribution in [0.2, 0.25) is 5.02 Å². The Bertz CT molecular complexity index is 922. The molecule has 1 aromatic carbocycles. The first-order valence-corrected chi connectivity index (χ1v) is 10.5. The van der Waals surface area contributed by atoms with Crippen molar-refractivity contribution in [1.29, 1.82) is 0 Å². The molecule has 3 rings (SSSR count). The summed E-state index contributed by atoms with van der Waals surface area (Å²) in [6.07, 6.45) is 2.55. The summed E-state index contributed by atoms with van der Waals surface area (Å²) < 4.78 is 0. The number of amides is 2. The number of phenols is 1. The lowest BCUT2D eigenvalue weighted by Crippen LogP contribution is -2.38. The molecule has 0 unspecified atom stereocenters. The summed E-state index contributed by atoms with van der Waals surface area (Å²) in [6, 6.07) is 4.77. The molecule has 0 aromatic heterocycles. The molecule has 4 atom stereocenters. The fourth-order valence-electron chi connectivity index (χ4n) is 4.77. The van der Waals surface area contributed by atoms with Gasteiger partial charge in [-0.2, -0.15) is 0 Å². The maximum absolute atomic E-state index is 12.6. The molecule has 1 saturated heterocycles. The van der Waals surface area contributed by atoms with Crippen molar-refractivity contribution in [3.8, 4) is 5.75 Å². The molecule has 6 nitrogen and oxygen atoms in total. The zero-order valence-electron chi connectivity index (χ0n) is 17.4. The lowest BCUT2D eigenvalue weighted by molar-refractivity contribution is -0.138. The van der Waals surface area contributed by atoms with Gasteiger partial charge in [0.05, 0.1) is 29.6 Å². The largest absolute Gasteiger partial charge is 0.508 e. The summed E-state index contributed by atoms with van der Waals surface area (Å²) in [5.74, 6) is -1.98. The van der Waals surface area contributed by atoms with Gasteiger partial charge < -0.3 is 15.3 Å². The number of hydrogen-bond acceptors (Lipinski definition) is 5. The predicted octanol–water partition coefficient (Wildman–Crippen LogP) is 3.15. The quantitative estimate of drug-likeness (QED) is 0.473. The number of aliphatic hydroxyl groups is 2. The van der Waals surface area contributed by atoms with Crippen LogP contribution >= 0.6 is 11.6 Å². The number of benzene rings is 1. The van der Waals surface area contributed by atoms with Crippen molar-refractivity contribution in [2.45, 2.75) is 39.2 Å². The summed E-state index contributed by atoms with van der Waals surface area (Å²) in [4.78, 5) is 26.1. The van der Waals surface area contributed by atoms with E-state index in [-0.39, 0.29) is 24.2 Å². The van der Waals surface area contributed by atoms with Crippen LogP contribution in [0, 0.1) is 17.8 Å². The van der Waals surface area contributed by atoms with E-state index in [0.29, 0.717) is 29.9 Å². The summed E-state index contributed by atoms with van der Waals surface area (Å²) in [7, 11) is 1.48. The molecule has 2 amide bonds. The minimum Gasteiger partial charge on any atom is -0.508 e. The molecule has 0 saturated carbocycles. The molecule has 3 N–H and O–H groups in total. The van der Waals surface area contributed by atoms with Crippen molar-refractivity contribution in [3.63, 3.8) is 0 Å². The van der Waals surface area contributed by atoms with E-state index >= 15 is 0 Å². The number of imide groups is 1. The number of rotatable bonds is 6. The fourth-order valence-corrected chi connectivity index (χ4v) is 4.99. The van der Waals surface area contributed by atoms with Crippen molar-refractivity contribution in [2.24, 2.45) is 17.8 Å². The molecule has 2 aliphatic rings. The Hall–Kier alpha value is -2.15. The van der Waals surface area contributed by atoms with E-state index in [0.717, 1.165) is 21.6 Å². The number of nitrogens with zero attached hydrogens (tertiary/aromatic N) is 1. The van der Waals surface area contributed by atoms with E-state index < -0.39 is 23.9 Å². The number of carbonyl (C=O) groups excluding carboxylic acids is 2. The van der Waals surface area contributed by atoms with E-state index in [2.05, 4.69) is 0 Å². The van der Waals surface area contributed by atoms with Crippen LogP contribution in [0.15, 0.2) is 34.9 Å². The van der Waals surface area contributed by atoms with Gasteiger partial charge in [0.2, 0.25) is 11.8 Å². The molecular formula is C23H28ClNO5. The van der Waals surface area contributed by atoms with Crippen LogP contribution in [0.25, 0.3) is 6.08 Å². The fraction of sp³-hybridized carbons (Fsp3) is 0.478. The number of likely N-dealkylation sites (tertiary alicyclic amines) is 1. The van der Waals surface area contributed by atoms with Crippen LogP contribution in [-0.2, 0) is 9.59 Å². The molecule has 1 fully saturated rings. The van der Waals surface area contributed by atoms with Crippen LogP contribution in [-0.4, -0.2) is 51.8 Å². The third-order valence-corrected chi connectivity index (χ3v) is 6.63. The van der Waals surface area contributed by atoms with E-state index in [1.54, 1.807) is 12.1 Å². The predicted molar refractivity (Wildman–Crippen MR) is 115 cm³/mol. The molecular weight excluding hydrogens is 406 g/mol. The third kappa shape index (κ3) is 4.17. The first-order valence-electron chi connectivity index (χ1n) is 10.1. The molecule has 7 heteroatoms. The molecule has 0 spiro atoms. The SMILES string of the molecule is CC1=C([C@H](O)CC/C(C)=C/c2ccc(O)cc2Cl)[C@H](CO)[C@@H]2C(=O)N(C)C(=O)[C@@H]2C1. The number of aliphatic hydroxyl groups excluding tert-OH is 2. The van der Waals surface area contributed by atoms with E-state index in [1.165, 1.54) is 13.1 Å². The lowest BCUT2D eigenvalue weighted by Gasteiger charge is -2.35. The standard InChI is InChI=1S/C23H28ClNO5/c1-12(8-14-5-6-15(27)10-18(14)24)4-7-19(28)20-13(2)9-16-21(17(20)11-26)23(30)25(3)22(16)29/h5-6,8,10,16-17,19,21,26-28H,4,7,9,11H2,1-3H3/b12-8+/t16-,17+,19-,21-/m1/s1. The Morgan fingerprint density at radius 1 is 1.33 bits per heavy atom. The summed E-state index contributed by atoms with van der Waals surface area (Å²) in [5, 5.41) is 30.9. The van der Waals surface area contributed by atoms with Gasteiger partial charge in [-0.1, -0.05) is 28.8 Å². The van der Waals surface area contributed by atoms with Gasteiger partial charge in [-0.25, -0.2) is 0 Å². The van der Waals surface area contributed by atoms with Crippen LogP contribution < -0.4 is 0 Å². The van der Waals surface area contributed by atoms with Gasteiger partial charge in [0.1, 0.15) is 5.75 Å². The zero-order chi connectivity index (χ0) is 22.2. The maximum atomic E-state index is 12.6. The minimum atomic E-state index is -0.810. The van der Waals surface area contributed by atoms with Crippen molar-refractivity contribution in [3.05, 3.63) is 45.5 Å². The smallest absolute Gasteiger partial charge is 0.233 e. The summed E-state index contributed by atoms with van der Waals surface area (Å²) in [6.45, 7) is 3.52. The topological polar surface area (TPSA) is 98.1 Å². The number of aromatic hydroxyl groups is 1. The monoisotopic (exact) mass is 433 g/mol. The van der Waals surface area contributed by atoms with Crippen LogP contribution in [0.4, 0.5) is 0 Å². The van der Waals surface area contributed by atoms with E-state index in [4.69, 9.17) is 11.6 Å². The van der Waals surface area contributed by atoms with Crippen LogP contribution in [0.1, 0.15) is 38.7 Å². The first kappa shape index (κ1) is 22.5. The average Bonchev–Trinajstić information content (AvgIpc) is 2.91. The van der Waals surface area contributed by atoms with Gasteiger partial charge in [0, 0.05) is 13.0 Å². The van der Waals surface area contributed by atoms with Crippen molar-refractivity contribution >= 4 is 29.5 Å². The second-order valence-corrected chi connectivity index (χ2v) is 8.75.